The predicted molar refractivity (Wildman–Crippen MR) is 66.1 cm³/mol. The molecule has 1 aliphatic rings. The van der Waals surface area contributed by atoms with Crippen molar-refractivity contribution >= 4 is 5.91 Å². The second kappa shape index (κ2) is 5.73. The molecule has 0 aromatic heterocycles. The zero-order chi connectivity index (χ0) is 13.0. The standard InChI is InChI=1S/C13H17NO4/c1-9(15)8-14-13(16)10-3-4-11-12(7-10)18-6-2-5-17-11/h3-4,7,9,15H,2,5-6,8H2,1H3,(H,14,16). The van der Waals surface area contributed by atoms with Gasteiger partial charge in [-0.25, -0.2) is 0 Å². The van der Waals surface area contributed by atoms with Gasteiger partial charge in [-0.3, -0.25) is 4.79 Å². The van der Waals surface area contributed by atoms with Crippen molar-refractivity contribution in [3.8, 4) is 11.5 Å². The number of fused-ring (bicyclic) bond motifs is 1. The first-order valence-electron chi connectivity index (χ1n) is 6.03. The van der Waals surface area contributed by atoms with E-state index < -0.39 is 6.10 Å². The Labute approximate surface area is 106 Å². The van der Waals surface area contributed by atoms with Gasteiger partial charge >= 0.3 is 0 Å². The molecule has 1 aromatic rings. The fourth-order valence-corrected chi connectivity index (χ4v) is 1.65. The summed E-state index contributed by atoms with van der Waals surface area (Å²) in [4.78, 5) is 11.8. The van der Waals surface area contributed by atoms with Crippen molar-refractivity contribution in [2.45, 2.75) is 19.4 Å². The summed E-state index contributed by atoms with van der Waals surface area (Å²) in [5.41, 5.74) is 0.500. The molecule has 0 aliphatic carbocycles. The Hall–Kier alpha value is -1.75. The third-order valence-electron chi connectivity index (χ3n) is 2.57. The van der Waals surface area contributed by atoms with Crippen LogP contribution in [0, 0.1) is 0 Å². The van der Waals surface area contributed by atoms with Gasteiger partial charge in [0.15, 0.2) is 11.5 Å². The van der Waals surface area contributed by atoms with E-state index in [-0.39, 0.29) is 12.5 Å². The molecule has 0 saturated heterocycles. The fraction of sp³-hybridized carbons (Fsp3) is 0.462. The number of aliphatic hydroxyl groups is 1. The number of carbonyl (C=O) groups excluding carboxylic acids is 1. The zero-order valence-corrected chi connectivity index (χ0v) is 10.3. The molecule has 98 valence electrons. The highest BCUT2D eigenvalue weighted by Crippen LogP contribution is 2.30. The van der Waals surface area contributed by atoms with Gasteiger partial charge in [-0.2, -0.15) is 0 Å². The predicted octanol–water partition coefficient (Wildman–Crippen LogP) is 0.959. The largest absolute Gasteiger partial charge is 0.490 e. The maximum Gasteiger partial charge on any atom is 0.251 e. The van der Waals surface area contributed by atoms with Crippen LogP contribution in [0.2, 0.25) is 0 Å². The van der Waals surface area contributed by atoms with Gasteiger partial charge in [-0.15, -0.1) is 0 Å². The fourth-order valence-electron chi connectivity index (χ4n) is 1.65. The summed E-state index contributed by atoms with van der Waals surface area (Å²) in [5.74, 6) is 1.03. The molecule has 1 heterocycles. The molecular formula is C13H17NO4. The number of nitrogens with one attached hydrogen (secondary N) is 1. The topological polar surface area (TPSA) is 67.8 Å². The molecule has 2 N–H and O–H groups in total. The number of benzene rings is 1. The van der Waals surface area contributed by atoms with E-state index in [4.69, 9.17) is 14.6 Å². The average Bonchev–Trinajstić information content (AvgIpc) is 2.60. The molecule has 0 bridgehead atoms. The number of carbonyl (C=O) groups is 1. The van der Waals surface area contributed by atoms with Crippen LogP contribution >= 0.6 is 0 Å². The lowest BCUT2D eigenvalue weighted by Gasteiger charge is -2.10. The molecule has 0 saturated carbocycles. The number of amides is 1. The van der Waals surface area contributed by atoms with E-state index in [2.05, 4.69) is 5.32 Å². The molecule has 0 radical (unpaired) electrons. The van der Waals surface area contributed by atoms with Gasteiger partial charge in [0.25, 0.3) is 5.91 Å². The molecule has 5 heteroatoms. The number of hydrogen-bond acceptors (Lipinski definition) is 4. The second-order valence-electron chi connectivity index (χ2n) is 4.27. The van der Waals surface area contributed by atoms with E-state index in [1.807, 2.05) is 0 Å². The van der Waals surface area contributed by atoms with Crippen molar-refractivity contribution in [2.24, 2.45) is 0 Å². The summed E-state index contributed by atoms with van der Waals surface area (Å²) in [6.07, 6.45) is 0.271. The first kappa shape index (κ1) is 12.7. The maximum atomic E-state index is 11.8. The van der Waals surface area contributed by atoms with Crippen LogP contribution in [-0.2, 0) is 0 Å². The van der Waals surface area contributed by atoms with Gasteiger partial charge in [0, 0.05) is 18.5 Å². The lowest BCUT2D eigenvalue weighted by atomic mass is 10.2. The first-order chi connectivity index (χ1) is 8.66. The van der Waals surface area contributed by atoms with Gasteiger partial charge in [-0.05, 0) is 25.1 Å². The Morgan fingerprint density at radius 3 is 2.83 bits per heavy atom. The van der Waals surface area contributed by atoms with Crippen molar-refractivity contribution in [1.82, 2.24) is 5.32 Å². The molecule has 1 aliphatic heterocycles. The van der Waals surface area contributed by atoms with Crippen LogP contribution in [0.4, 0.5) is 0 Å². The minimum atomic E-state index is -0.561. The third-order valence-corrected chi connectivity index (χ3v) is 2.57. The Balaban J connectivity index is 2.10. The van der Waals surface area contributed by atoms with Crippen LogP contribution in [0.1, 0.15) is 23.7 Å². The average molecular weight is 251 g/mol. The quantitative estimate of drug-likeness (QED) is 0.839. The normalized spacial score (nSPS) is 15.7. The molecule has 18 heavy (non-hydrogen) atoms. The summed E-state index contributed by atoms with van der Waals surface area (Å²) in [6.45, 7) is 3.06. The Morgan fingerprint density at radius 2 is 2.11 bits per heavy atom. The van der Waals surface area contributed by atoms with Gasteiger partial charge in [-0.1, -0.05) is 0 Å². The highest BCUT2D eigenvalue weighted by molar-refractivity contribution is 5.94. The number of rotatable bonds is 3. The lowest BCUT2D eigenvalue weighted by Crippen LogP contribution is -2.30. The molecule has 1 aromatic carbocycles. The molecular weight excluding hydrogens is 234 g/mol. The van der Waals surface area contributed by atoms with Crippen LogP contribution in [-0.4, -0.2) is 36.9 Å². The Kier molecular flexibility index (Phi) is 4.04. The summed E-state index contributed by atoms with van der Waals surface area (Å²) in [7, 11) is 0. The monoisotopic (exact) mass is 251 g/mol. The van der Waals surface area contributed by atoms with E-state index >= 15 is 0 Å². The summed E-state index contributed by atoms with van der Waals surface area (Å²) in [5, 5.41) is 11.8. The molecule has 2 rings (SSSR count). The van der Waals surface area contributed by atoms with Gasteiger partial charge < -0.3 is 19.9 Å². The summed E-state index contributed by atoms with van der Waals surface area (Å²) < 4.78 is 11.0. The SMILES string of the molecule is CC(O)CNC(=O)c1ccc2c(c1)OCCCO2. The molecule has 1 atom stereocenters. The van der Waals surface area contributed by atoms with Crippen LogP contribution in [0.15, 0.2) is 18.2 Å². The minimum absolute atomic E-state index is 0.229. The third kappa shape index (κ3) is 3.13. The van der Waals surface area contributed by atoms with E-state index in [0.717, 1.165) is 6.42 Å². The van der Waals surface area contributed by atoms with Crippen LogP contribution in [0.3, 0.4) is 0 Å². The van der Waals surface area contributed by atoms with Crippen LogP contribution < -0.4 is 14.8 Å². The highest BCUT2D eigenvalue weighted by Gasteiger charge is 2.14. The smallest absolute Gasteiger partial charge is 0.251 e. The van der Waals surface area contributed by atoms with E-state index in [1.54, 1.807) is 25.1 Å². The van der Waals surface area contributed by atoms with Gasteiger partial charge in [0.1, 0.15) is 0 Å². The Bertz CT molecular complexity index is 431. The van der Waals surface area contributed by atoms with Crippen molar-refractivity contribution in [3.63, 3.8) is 0 Å². The second-order valence-corrected chi connectivity index (χ2v) is 4.27. The van der Waals surface area contributed by atoms with Crippen molar-refractivity contribution in [3.05, 3.63) is 23.8 Å². The molecule has 1 unspecified atom stereocenters. The summed E-state index contributed by atoms with van der Waals surface area (Å²) >= 11 is 0. The number of ether oxygens (including phenoxy) is 2. The van der Waals surface area contributed by atoms with Crippen LogP contribution in [0.25, 0.3) is 0 Å². The van der Waals surface area contributed by atoms with E-state index in [0.29, 0.717) is 30.3 Å². The van der Waals surface area contributed by atoms with Crippen molar-refractivity contribution < 1.29 is 19.4 Å². The summed E-state index contributed by atoms with van der Waals surface area (Å²) in [6, 6.07) is 5.08. The lowest BCUT2D eigenvalue weighted by molar-refractivity contribution is 0.0923. The van der Waals surface area contributed by atoms with Gasteiger partial charge in [0.2, 0.25) is 0 Å². The Morgan fingerprint density at radius 1 is 1.39 bits per heavy atom. The van der Waals surface area contributed by atoms with E-state index in [1.165, 1.54) is 0 Å². The molecule has 5 nitrogen and oxygen atoms in total. The molecule has 0 fully saturated rings. The zero-order valence-electron chi connectivity index (χ0n) is 10.3. The van der Waals surface area contributed by atoms with E-state index in [9.17, 15) is 4.79 Å². The molecule has 1 amide bonds. The highest BCUT2D eigenvalue weighted by atomic mass is 16.5. The van der Waals surface area contributed by atoms with Crippen molar-refractivity contribution in [2.75, 3.05) is 19.8 Å². The first-order valence-corrected chi connectivity index (χ1v) is 6.03. The number of hydrogen-bond donors (Lipinski definition) is 2. The minimum Gasteiger partial charge on any atom is -0.490 e. The van der Waals surface area contributed by atoms with Crippen molar-refractivity contribution in [1.29, 1.82) is 0 Å². The maximum absolute atomic E-state index is 11.8. The number of aliphatic hydroxyl groups excluding tert-OH is 1. The molecule has 0 spiro atoms. The van der Waals surface area contributed by atoms with Gasteiger partial charge in [0.05, 0.1) is 19.3 Å². The van der Waals surface area contributed by atoms with Crippen LogP contribution in [0.5, 0.6) is 11.5 Å².